The monoisotopic (exact) mass is 355 g/mol. The van der Waals surface area contributed by atoms with E-state index in [9.17, 15) is 4.39 Å². The first-order chi connectivity index (χ1) is 12.1. The predicted octanol–water partition coefficient (Wildman–Crippen LogP) is 5.21. The lowest BCUT2D eigenvalue weighted by Gasteiger charge is -2.36. The van der Waals surface area contributed by atoms with Crippen LogP contribution in [0.4, 0.5) is 10.1 Å². The molecule has 0 fully saturated rings. The van der Waals surface area contributed by atoms with Crippen molar-refractivity contribution in [2.45, 2.75) is 32.2 Å². The van der Waals surface area contributed by atoms with Crippen LogP contribution in [-0.2, 0) is 0 Å². The van der Waals surface area contributed by atoms with E-state index in [1.54, 1.807) is 12.3 Å². The van der Waals surface area contributed by atoms with Crippen molar-refractivity contribution in [1.29, 1.82) is 5.26 Å². The summed E-state index contributed by atoms with van der Waals surface area (Å²) in [5.74, 6) is -0.567. The van der Waals surface area contributed by atoms with Crippen molar-refractivity contribution in [3.05, 3.63) is 64.7 Å². The third-order valence-corrected chi connectivity index (χ3v) is 4.93. The van der Waals surface area contributed by atoms with Gasteiger partial charge in [-0.05, 0) is 55.5 Å². The number of anilines is 1. The number of rotatable bonds is 4. The molecule has 1 aliphatic rings. The Labute approximate surface area is 152 Å². The molecule has 0 spiro atoms. The topological polar surface area (TPSA) is 39.9 Å². The Morgan fingerprint density at radius 3 is 2.92 bits per heavy atom. The van der Waals surface area contributed by atoms with Crippen LogP contribution < -0.4 is 4.90 Å². The average Bonchev–Trinajstić information content (AvgIpc) is 2.63. The van der Waals surface area contributed by atoms with E-state index in [-0.39, 0.29) is 16.6 Å². The number of nitriles is 1. The van der Waals surface area contributed by atoms with Crippen molar-refractivity contribution in [1.82, 2.24) is 4.98 Å². The van der Waals surface area contributed by atoms with Crippen LogP contribution in [0.5, 0.6) is 0 Å². The van der Waals surface area contributed by atoms with Gasteiger partial charge in [0, 0.05) is 30.7 Å². The molecule has 128 valence electrons. The summed E-state index contributed by atoms with van der Waals surface area (Å²) in [6.45, 7) is 2.79. The summed E-state index contributed by atoms with van der Waals surface area (Å²) in [5, 5.41) is 9.16. The molecule has 0 saturated carbocycles. The van der Waals surface area contributed by atoms with Crippen LogP contribution in [0, 0.1) is 17.1 Å². The van der Waals surface area contributed by atoms with Gasteiger partial charge in [-0.2, -0.15) is 5.26 Å². The third-order valence-electron chi connectivity index (χ3n) is 4.63. The van der Waals surface area contributed by atoms with Gasteiger partial charge in [0.1, 0.15) is 17.4 Å². The zero-order valence-corrected chi connectivity index (χ0v) is 14.8. The van der Waals surface area contributed by atoms with Gasteiger partial charge in [-0.3, -0.25) is 4.98 Å². The molecule has 3 rings (SSSR count). The molecule has 0 saturated heterocycles. The molecule has 1 heterocycles. The zero-order chi connectivity index (χ0) is 17.8. The molecule has 1 aromatic carbocycles. The Balaban J connectivity index is 1.87. The van der Waals surface area contributed by atoms with Crippen molar-refractivity contribution < 1.29 is 4.39 Å². The quantitative estimate of drug-likeness (QED) is 0.756. The Bertz CT molecular complexity index is 804. The second-order valence-electron chi connectivity index (χ2n) is 6.09. The van der Waals surface area contributed by atoms with Crippen molar-refractivity contribution in [2.75, 3.05) is 11.4 Å². The van der Waals surface area contributed by atoms with Gasteiger partial charge in [-0.15, -0.1) is 0 Å². The average molecular weight is 356 g/mol. The van der Waals surface area contributed by atoms with E-state index in [1.807, 2.05) is 25.3 Å². The molecule has 2 aromatic rings. The maximum absolute atomic E-state index is 14.2. The molecule has 3 nitrogen and oxygen atoms in total. The second kappa shape index (κ2) is 7.67. The third kappa shape index (κ3) is 3.67. The number of hydrogen-bond donors (Lipinski definition) is 0. The van der Waals surface area contributed by atoms with Crippen LogP contribution in [0.1, 0.15) is 37.3 Å². The highest BCUT2D eigenvalue weighted by atomic mass is 35.5. The van der Waals surface area contributed by atoms with E-state index in [2.05, 4.69) is 22.0 Å². The minimum Gasteiger partial charge on any atom is -0.368 e. The van der Waals surface area contributed by atoms with Crippen molar-refractivity contribution in [3.63, 3.8) is 0 Å². The molecule has 0 N–H and O–H groups in total. The first-order valence-corrected chi connectivity index (χ1v) is 8.77. The van der Waals surface area contributed by atoms with Gasteiger partial charge in [0.05, 0.1) is 5.02 Å². The fourth-order valence-corrected chi connectivity index (χ4v) is 3.67. The normalized spacial score (nSPS) is 16.9. The van der Waals surface area contributed by atoms with Gasteiger partial charge in [0.25, 0.3) is 0 Å². The Hall–Kier alpha value is -2.38. The van der Waals surface area contributed by atoms with Crippen LogP contribution in [0.25, 0.3) is 5.57 Å². The van der Waals surface area contributed by atoms with Crippen LogP contribution >= 0.6 is 11.6 Å². The lowest BCUT2D eigenvalue weighted by molar-refractivity contribution is 0.556. The summed E-state index contributed by atoms with van der Waals surface area (Å²) in [6, 6.07) is 9.18. The van der Waals surface area contributed by atoms with Crippen LogP contribution in [0.3, 0.4) is 0 Å². The number of pyridine rings is 1. The zero-order valence-electron chi connectivity index (χ0n) is 14.0. The molecule has 1 atom stereocenters. The van der Waals surface area contributed by atoms with Crippen molar-refractivity contribution in [3.8, 4) is 6.07 Å². The largest absolute Gasteiger partial charge is 0.368 e. The van der Waals surface area contributed by atoms with Crippen LogP contribution in [0.2, 0.25) is 5.02 Å². The van der Waals surface area contributed by atoms with E-state index in [0.29, 0.717) is 0 Å². The van der Waals surface area contributed by atoms with Gasteiger partial charge in [-0.25, -0.2) is 4.39 Å². The van der Waals surface area contributed by atoms with Crippen molar-refractivity contribution in [2.24, 2.45) is 0 Å². The predicted molar refractivity (Wildman–Crippen MR) is 99.0 cm³/mol. The van der Waals surface area contributed by atoms with Gasteiger partial charge < -0.3 is 4.90 Å². The summed E-state index contributed by atoms with van der Waals surface area (Å²) in [7, 11) is 0. The molecule has 0 radical (unpaired) electrons. The molecule has 1 aromatic heterocycles. The van der Waals surface area contributed by atoms with E-state index in [1.165, 1.54) is 11.6 Å². The molecule has 1 aliphatic carbocycles. The highest BCUT2D eigenvalue weighted by molar-refractivity contribution is 6.32. The first kappa shape index (κ1) is 17.4. The standard InChI is InChI=1S/C20H19ClFN3/c1-2-25(17-10-19(21)18(12-23)20(22)11-17)16-7-3-5-14(9-16)15-6-4-8-24-13-15/h4-6,8,10-11,13,16H,2-3,7,9H2,1H3. The van der Waals surface area contributed by atoms with Gasteiger partial charge in [-0.1, -0.05) is 23.7 Å². The smallest absolute Gasteiger partial charge is 0.144 e. The summed E-state index contributed by atoms with van der Waals surface area (Å²) in [6.07, 6.45) is 8.74. The Morgan fingerprint density at radius 2 is 2.28 bits per heavy atom. The fourth-order valence-electron chi connectivity index (χ4n) is 3.43. The number of halogens is 2. The van der Waals surface area contributed by atoms with Crippen LogP contribution in [-0.4, -0.2) is 17.6 Å². The number of hydrogen-bond acceptors (Lipinski definition) is 3. The lowest BCUT2D eigenvalue weighted by atomic mass is 9.89. The summed E-state index contributed by atoms with van der Waals surface area (Å²) in [4.78, 5) is 6.36. The minimum atomic E-state index is -0.567. The van der Waals surface area contributed by atoms with Crippen molar-refractivity contribution >= 4 is 22.9 Å². The highest BCUT2D eigenvalue weighted by Crippen LogP contribution is 2.34. The first-order valence-electron chi connectivity index (χ1n) is 8.39. The molecular formula is C20H19ClFN3. The number of nitrogens with zero attached hydrogens (tertiary/aromatic N) is 3. The molecule has 25 heavy (non-hydrogen) atoms. The SMILES string of the molecule is CCN(c1cc(F)c(C#N)c(Cl)c1)C1CCC=C(c2cccnc2)C1. The summed E-state index contributed by atoms with van der Waals surface area (Å²) >= 11 is 6.09. The van der Waals surface area contributed by atoms with E-state index < -0.39 is 5.82 Å². The Morgan fingerprint density at radius 1 is 1.44 bits per heavy atom. The number of benzene rings is 1. The maximum Gasteiger partial charge on any atom is 0.144 e. The molecule has 5 heteroatoms. The minimum absolute atomic E-state index is 0.0962. The van der Waals surface area contributed by atoms with E-state index in [0.717, 1.165) is 37.1 Å². The lowest BCUT2D eigenvalue weighted by Crippen LogP contribution is -2.36. The number of aromatic nitrogens is 1. The van der Waals surface area contributed by atoms with Crippen LogP contribution in [0.15, 0.2) is 42.7 Å². The summed E-state index contributed by atoms with van der Waals surface area (Å²) in [5.41, 5.74) is 3.03. The summed E-state index contributed by atoms with van der Waals surface area (Å²) < 4.78 is 14.2. The van der Waals surface area contributed by atoms with E-state index in [4.69, 9.17) is 16.9 Å². The van der Waals surface area contributed by atoms with E-state index >= 15 is 0 Å². The molecule has 0 aliphatic heterocycles. The Kier molecular flexibility index (Phi) is 5.35. The second-order valence-corrected chi connectivity index (χ2v) is 6.50. The number of allylic oxidation sites excluding steroid dienone is 1. The van der Waals surface area contributed by atoms with Gasteiger partial charge in [0.15, 0.2) is 0 Å². The van der Waals surface area contributed by atoms with Gasteiger partial charge >= 0.3 is 0 Å². The maximum atomic E-state index is 14.2. The molecular weight excluding hydrogens is 337 g/mol. The molecule has 0 amide bonds. The molecule has 1 unspecified atom stereocenters. The molecule has 0 bridgehead atoms. The highest BCUT2D eigenvalue weighted by Gasteiger charge is 2.24. The van der Waals surface area contributed by atoms with Gasteiger partial charge in [0.2, 0.25) is 0 Å². The fraction of sp³-hybridized carbons (Fsp3) is 0.300.